The minimum Gasteiger partial charge on any atom is -0.458 e. The average molecular weight is 214 g/mol. The first-order chi connectivity index (χ1) is 6.81. The Morgan fingerprint density at radius 1 is 1.40 bits per heavy atom. The molecule has 0 aromatic rings. The van der Waals surface area contributed by atoms with Gasteiger partial charge in [0.05, 0.1) is 0 Å². The Labute approximate surface area is 89.6 Å². The second-order valence-corrected chi connectivity index (χ2v) is 4.72. The number of primary amides is 1. The molecule has 0 aromatic heterocycles. The van der Waals surface area contributed by atoms with E-state index in [0.717, 1.165) is 6.42 Å². The largest absolute Gasteiger partial charge is 0.458 e. The van der Waals surface area contributed by atoms with Gasteiger partial charge in [0.15, 0.2) is 0 Å². The fourth-order valence-electron chi connectivity index (χ4n) is 1.65. The predicted molar refractivity (Wildman–Crippen MR) is 55.2 cm³/mol. The van der Waals surface area contributed by atoms with Crippen molar-refractivity contribution < 1.29 is 14.3 Å². The molecule has 1 atom stereocenters. The molecule has 1 rings (SSSR count). The van der Waals surface area contributed by atoms with Gasteiger partial charge in [0.1, 0.15) is 11.6 Å². The SMILES string of the molecule is CC(C)(C)OC(=O)[C@@H]1CCCN1C(N)=O. The third-order valence-electron chi connectivity index (χ3n) is 2.21. The first-order valence-electron chi connectivity index (χ1n) is 5.10. The molecule has 5 heteroatoms. The van der Waals surface area contributed by atoms with Crippen molar-refractivity contribution in [1.29, 1.82) is 0 Å². The van der Waals surface area contributed by atoms with Crippen LogP contribution in [0.1, 0.15) is 33.6 Å². The minimum absolute atomic E-state index is 0.362. The molecule has 1 fully saturated rings. The lowest BCUT2D eigenvalue weighted by Crippen LogP contribution is -2.45. The van der Waals surface area contributed by atoms with E-state index in [0.29, 0.717) is 13.0 Å². The second kappa shape index (κ2) is 4.08. The summed E-state index contributed by atoms with van der Waals surface area (Å²) in [6.45, 7) is 5.94. The molecule has 15 heavy (non-hydrogen) atoms. The van der Waals surface area contributed by atoms with Crippen LogP contribution in [-0.4, -0.2) is 35.1 Å². The first-order valence-corrected chi connectivity index (χ1v) is 5.10. The van der Waals surface area contributed by atoms with Crippen molar-refractivity contribution in [3.63, 3.8) is 0 Å². The van der Waals surface area contributed by atoms with E-state index in [4.69, 9.17) is 10.5 Å². The van der Waals surface area contributed by atoms with Crippen molar-refractivity contribution in [3.05, 3.63) is 0 Å². The molecule has 1 aliphatic rings. The number of esters is 1. The average Bonchev–Trinajstić information content (AvgIpc) is 2.47. The summed E-state index contributed by atoms with van der Waals surface area (Å²) in [5.41, 5.74) is 4.64. The zero-order valence-electron chi connectivity index (χ0n) is 9.45. The molecule has 0 unspecified atom stereocenters. The zero-order valence-corrected chi connectivity index (χ0v) is 9.45. The molecule has 1 saturated heterocycles. The monoisotopic (exact) mass is 214 g/mol. The molecule has 1 heterocycles. The number of carbonyl (C=O) groups excluding carboxylic acids is 2. The molecule has 1 aliphatic heterocycles. The molecule has 0 saturated carbocycles. The third kappa shape index (κ3) is 3.11. The molecule has 0 aromatic carbocycles. The lowest BCUT2D eigenvalue weighted by Gasteiger charge is -2.26. The van der Waals surface area contributed by atoms with Crippen molar-refractivity contribution in [2.45, 2.75) is 45.3 Å². The molecule has 2 N–H and O–H groups in total. The normalized spacial score (nSPS) is 21.5. The van der Waals surface area contributed by atoms with E-state index in [2.05, 4.69) is 0 Å². The van der Waals surface area contributed by atoms with Gasteiger partial charge in [-0.15, -0.1) is 0 Å². The fourth-order valence-corrected chi connectivity index (χ4v) is 1.65. The van der Waals surface area contributed by atoms with Crippen LogP contribution in [0.4, 0.5) is 4.79 Å². The molecule has 0 radical (unpaired) electrons. The van der Waals surface area contributed by atoms with Gasteiger partial charge in [0, 0.05) is 6.54 Å². The van der Waals surface area contributed by atoms with Gasteiger partial charge in [-0.3, -0.25) is 0 Å². The lowest BCUT2D eigenvalue weighted by atomic mass is 10.1. The van der Waals surface area contributed by atoms with Crippen molar-refractivity contribution in [3.8, 4) is 0 Å². The summed E-state index contributed by atoms with van der Waals surface area (Å²) in [6, 6.07) is -1.05. The molecule has 0 spiro atoms. The van der Waals surface area contributed by atoms with Crippen molar-refractivity contribution in [2.75, 3.05) is 6.54 Å². The number of carbonyl (C=O) groups is 2. The number of nitrogens with zero attached hydrogens (tertiary/aromatic N) is 1. The molecule has 0 aliphatic carbocycles. The molecule has 86 valence electrons. The lowest BCUT2D eigenvalue weighted by molar-refractivity contribution is -0.159. The maximum Gasteiger partial charge on any atom is 0.329 e. The van der Waals surface area contributed by atoms with Crippen LogP contribution >= 0.6 is 0 Å². The highest BCUT2D eigenvalue weighted by Gasteiger charge is 2.35. The smallest absolute Gasteiger partial charge is 0.329 e. The standard InChI is InChI=1S/C10H18N2O3/c1-10(2,3)15-8(13)7-5-4-6-12(7)9(11)14/h7H,4-6H2,1-3H3,(H2,11,14)/t7-/m0/s1. The molecule has 5 nitrogen and oxygen atoms in total. The van der Waals surface area contributed by atoms with E-state index in [-0.39, 0.29) is 5.97 Å². The van der Waals surface area contributed by atoms with Crippen LogP contribution in [0.2, 0.25) is 0 Å². The Morgan fingerprint density at radius 2 is 2.00 bits per heavy atom. The van der Waals surface area contributed by atoms with Gasteiger partial charge in [0.25, 0.3) is 0 Å². The number of hydrogen-bond donors (Lipinski definition) is 1. The van der Waals surface area contributed by atoms with Crippen molar-refractivity contribution in [2.24, 2.45) is 5.73 Å². The Morgan fingerprint density at radius 3 is 2.47 bits per heavy atom. The Balaban J connectivity index is 2.63. The van der Waals surface area contributed by atoms with Crippen LogP contribution in [-0.2, 0) is 9.53 Å². The minimum atomic E-state index is -0.552. The van der Waals surface area contributed by atoms with Crippen LogP contribution in [0, 0.1) is 0 Å². The summed E-state index contributed by atoms with van der Waals surface area (Å²) in [7, 11) is 0. The maximum absolute atomic E-state index is 11.7. The van der Waals surface area contributed by atoms with Gasteiger partial charge in [-0.25, -0.2) is 9.59 Å². The number of ether oxygens (including phenoxy) is 1. The van der Waals surface area contributed by atoms with Gasteiger partial charge in [-0.05, 0) is 33.6 Å². The molecule has 2 amide bonds. The van der Waals surface area contributed by atoms with E-state index >= 15 is 0 Å². The topological polar surface area (TPSA) is 72.6 Å². The Kier molecular flexibility index (Phi) is 3.21. The number of hydrogen-bond acceptors (Lipinski definition) is 3. The van der Waals surface area contributed by atoms with Gasteiger partial charge in [0.2, 0.25) is 0 Å². The van der Waals surface area contributed by atoms with E-state index in [9.17, 15) is 9.59 Å². The molecule has 0 bridgehead atoms. The van der Waals surface area contributed by atoms with E-state index < -0.39 is 17.7 Å². The van der Waals surface area contributed by atoms with Crippen LogP contribution in [0.5, 0.6) is 0 Å². The quantitative estimate of drug-likeness (QED) is 0.658. The highest BCUT2D eigenvalue weighted by atomic mass is 16.6. The molecular weight excluding hydrogens is 196 g/mol. The van der Waals surface area contributed by atoms with Crippen LogP contribution in [0.15, 0.2) is 0 Å². The van der Waals surface area contributed by atoms with Gasteiger partial charge < -0.3 is 15.4 Å². The van der Waals surface area contributed by atoms with Crippen LogP contribution in [0.25, 0.3) is 0 Å². The van der Waals surface area contributed by atoms with Crippen molar-refractivity contribution >= 4 is 12.0 Å². The summed E-state index contributed by atoms with van der Waals surface area (Å²) in [5, 5.41) is 0. The Hall–Kier alpha value is -1.26. The van der Waals surface area contributed by atoms with Gasteiger partial charge >= 0.3 is 12.0 Å². The van der Waals surface area contributed by atoms with Crippen LogP contribution in [0.3, 0.4) is 0 Å². The summed E-state index contributed by atoms with van der Waals surface area (Å²) < 4.78 is 5.21. The van der Waals surface area contributed by atoms with Gasteiger partial charge in [-0.1, -0.05) is 0 Å². The Bertz CT molecular complexity index is 270. The summed E-state index contributed by atoms with van der Waals surface area (Å²) in [5.74, 6) is -0.362. The summed E-state index contributed by atoms with van der Waals surface area (Å²) >= 11 is 0. The number of rotatable bonds is 1. The van der Waals surface area contributed by atoms with Crippen molar-refractivity contribution in [1.82, 2.24) is 4.90 Å². The fraction of sp³-hybridized carbons (Fsp3) is 0.800. The third-order valence-corrected chi connectivity index (χ3v) is 2.21. The molecular formula is C10H18N2O3. The summed E-state index contributed by atoms with van der Waals surface area (Å²) in [4.78, 5) is 24.1. The van der Waals surface area contributed by atoms with E-state index in [1.165, 1.54) is 4.90 Å². The van der Waals surface area contributed by atoms with E-state index in [1.54, 1.807) is 20.8 Å². The predicted octanol–water partition coefficient (Wildman–Crippen LogP) is 0.871. The first kappa shape index (κ1) is 11.8. The summed E-state index contributed by atoms with van der Waals surface area (Å²) in [6.07, 6.45) is 1.44. The van der Waals surface area contributed by atoms with Gasteiger partial charge in [-0.2, -0.15) is 0 Å². The highest BCUT2D eigenvalue weighted by molar-refractivity contribution is 5.83. The van der Waals surface area contributed by atoms with Crippen LogP contribution < -0.4 is 5.73 Å². The highest BCUT2D eigenvalue weighted by Crippen LogP contribution is 2.20. The zero-order chi connectivity index (χ0) is 11.6. The number of urea groups is 1. The number of nitrogens with two attached hydrogens (primary N) is 1. The van der Waals surface area contributed by atoms with E-state index in [1.807, 2.05) is 0 Å². The number of amides is 2. The second-order valence-electron chi connectivity index (χ2n) is 4.72. The maximum atomic E-state index is 11.7. The number of likely N-dealkylation sites (tertiary alicyclic amines) is 1.